The van der Waals surface area contributed by atoms with Crippen LogP contribution in [-0.4, -0.2) is 52.2 Å². The topological polar surface area (TPSA) is 88.9 Å². The first-order chi connectivity index (χ1) is 12.5. The fourth-order valence-corrected chi connectivity index (χ4v) is 3.89. The second-order valence-corrected chi connectivity index (χ2v) is 7.37. The molecule has 3 heterocycles. The van der Waals surface area contributed by atoms with E-state index in [9.17, 15) is 10.1 Å². The van der Waals surface area contributed by atoms with Crippen molar-refractivity contribution in [2.75, 3.05) is 31.1 Å². The predicted octanol–water partition coefficient (Wildman–Crippen LogP) is 2.91. The number of rotatable bonds is 3. The molecule has 2 aromatic rings. The smallest absolute Gasteiger partial charge is 0.275 e. The molecule has 1 aliphatic rings. The minimum absolute atomic E-state index is 0.0802. The van der Waals surface area contributed by atoms with Gasteiger partial charge in [-0.15, -0.1) is 0 Å². The summed E-state index contributed by atoms with van der Waals surface area (Å²) in [6.45, 7) is 6.72. The molecule has 2 aromatic heterocycles. The fourth-order valence-electron chi connectivity index (χ4n) is 3.08. The molecule has 136 valence electrons. The zero-order valence-corrected chi connectivity index (χ0v) is 16.5. The van der Waals surface area contributed by atoms with E-state index < -0.39 is 0 Å². The third-order valence-electron chi connectivity index (χ3n) is 4.50. The maximum Gasteiger partial charge on any atom is 0.275 e. The van der Waals surface area contributed by atoms with E-state index in [0.717, 1.165) is 23.1 Å². The van der Waals surface area contributed by atoms with Gasteiger partial charge in [-0.2, -0.15) is 10.4 Å². The van der Waals surface area contributed by atoms with Gasteiger partial charge in [0.1, 0.15) is 11.9 Å². The molecule has 1 amide bonds. The number of nitrogens with zero attached hydrogens (tertiary/aromatic N) is 5. The quantitative estimate of drug-likeness (QED) is 0.830. The molecule has 3 rings (SSSR count). The van der Waals surface area contributed by atoms with Gasteiger partial charge in [-0.25, -0.2) is 4.98 Å². The van der Waals surface area contributed by atoms with Crippen LogP contribution >= 0.6 is 15.9 Å². The van der Waals surface area contributed by atoms with Gasteiger partial charge >= 0.3 is 0 Å². The molecule has 7 nitrogen and oxygen atoms in total. The number of hydrogen-bond acceptors (Lipinski definition) is 5. The standard InChI is InChI=1S/C18H21BrN6O/c1-12(2)15-14(19)16(23-22-15)18(26)25-8-4-7-24(9-10-25)17-13(11-20)5-3-6-21-17/h3,5-6,12H,4,7-10H2,1-2H3,(H,22,23). The van der Waals surface area contributed by atoms with Crippen LogP contribution < -0.4 is 4.90 Å². The summed E-state index contributed by atoms with van der Waals surface area (Å²) in [5, 5.41) is 16.5. The fraction of sp³-hybridized carbons (Fsp3) is 0.444. The van der Waals surface area contributed by atoms with Gasteiger partial charge in [0.2, 0.25) is 0 Å². The van der Waals surface area contributed by atoms with Gasteiger partial charge in [0.05, 0.1) is 15.7 Å². The molecule has 1 fully saturated rings. The van der Waals surface area contributed by atoms with Crippen molar-refractivity contribution in [3.05, 3.63) is 39.8 Å². The number of carbonyl (C=O) groups excluding carboxylic acids is 1. The zero-order valence-electron chi connectivity index (χ0n) is 14.9. The van der Waals surface area contributed by atoms with Gasteiger partial charge < -0.3 is 9.80 Å². The Balaban J connectivity index is 1.75. The number of H-pyrrole nitrogens is 1. The van der Waals surface area contributed by atoms with Crippen molar-refractivity contribution in [1.82, 2.24) is 20.1 Å². The first-order valence-electron chi connectivity index (χ1n) is 8.66. The van der Waals surface area contributed by atoms with Crippen molar-refractivity contribution >= 4 is 27.7 Å². The molecule has 0 atom stereocenters. The summed E-state index contributed by atoms with van der Waals surface area (Å²) in [5.41, 5.74) is 1.92. The minimum atomic E-state index is -0.0802. The van der Waals surface area contributed by atoms with Crippen molar-refractivity contribution in [2.45, 2.75) is 26.2 Å². The van der Waals surface area contributed by atoms with Crippen LogP contribution in [0.4, 0.5) is 5.82 Å². The van der Waals surface area contributed by atoms with Crippen LogP contribution in [0.3, 0.4) is 0 Å². The predicted molar refractivity (Wildman–Crippen MR) is 102 cm³/mol. The number of nitriles is 1. The lowest BCUT2D eigenvalue weighted by atomic mass is 10.1. The highest BCUT2D eigenvalue weighted by molar-refractivity contribution is 9.10. The van der Waals surface area contributed by atoms with E-state index in [4.69, 9.17) is 0 Å². The Labute approximate surface area is 161 Å². The van der Waals surface area contributed by atoms with Gasteiger partial charge in [-0.05, 0) is 40.4 Å². The van der Waals surface area contributed by atoms with Crippen LogP contribution in [0.25, 0.3) is 0 Å². The molecule has 26 heavy (non-hydrogen) atoms. The third-order valence-corrected chi connectivity index (χ3v) is 5.30. The average Bonchev–Trinajstić information content (AvgIpc) is 2.87. The third kappa shape index (κ3) is 3.58. The molecule has 0 spiro atoms. The molecule has 1 aliphatic heterocycles. The number of carbonyl (C=O) groups is 1. The Bertz CT molecular complexity index is 840. The van der Waals surface area contributed by atoms with Gasteiger partial charge in [-0.3, -0.25) is 9.89 Å². The number of anilines is 1. The first-order valence-corrected chi connectivity index (χ1v) is 9.45. The molecule has 8 heteroatoms. The Morgan fingerprint density at radius 2 is 2.15 bits per heavy atom. The van der Waals surface area contributed by atoms with Gasteiger partial charge in [0.25, 0.3) is 5.91 Å². The molecule has 0 saturated carbocycles. The van der Waals surface area contributed by atoms with E-state index in [0.29, 0.717) is 36.7 Å². The summed E-state index contributed by atoms with van der Waals surface area (Å²) in [7, 11) is 0. The Kier molecular flexibility index (Phi) is 5.57. The largest absolute Gasteiger partial charge is 0.354 e. The highest BCUT2D eigenvalue weighted by atomic mass is 79.9. The van der Waals surface area contributed by atoms with Crippen LogP contribution in [0.2, 0.25) is 0 Å². The Morgan fingerprint density at radius 3 is 2.85 bits per heavy atom. The highest BCUT2D eigenvalue weighted by Crippen LogP contribution is 2.27. The number of amides is 1. The number of pyridine rings is 1. The summed E-state index contributed by atoms with van der Waals surface area (Å²) in [5.74, 6) is 0.863. The van der Waals surface area contributed by atoms with Crippen LogP contribution in [0, 0.1) is 11.3 Å². The highest BCUT2D eigenvalue weighted by Gasteiger charge is 2.26. The van der Waals surface area contributed by atoms with Crippen molar-refractivity contribution in [2.24, 2.45) is 0 Å². The van der Waals surface area contributed by atoms with E-state index in [2.05, 4.69) is 55.9 Å². The second-order valence-electron chi connectivity index (χ2n) is 6.57. The molecule has 0 aliphatic carbocycles. The van der Waals surface area contributed by atoms with Crippen LogP contribution in [0.5, 0.6) is 0 Å². The van der Waals surface area contributed by atoms with E-state index in [1.165, 1.54) is 0 Å². The first kappa shape index (κ1) is 18.4. The van der Waals surface area contributed by atoms with Crippen molar-refractivity contribution < 1.29 is 4.79 Å². The monoisotopic (exact) mass is 416 g/mol. The minimum Gasteiger partial charge on any atom is -0.354 e. The maximum absolute atomic E-state index is 12.9. The number of nitrogens with one attached hydrogen (secondary N) is 1. The Morgan fingerprint density at radius 1 is 1.35 bits per heavy atom. The molecule has 1 saturated heterocycles. The molecule has 0 bridgehead atoms. The summed E-state index contributed by atoms with van der Waals surface area (Å²) in [6, 6.07) is 5.72. The van der Waals surface area contributed by atoms with Gasteiger partial charge in [0.15, 0.2) is 5.69 Å². The molecular formula is C18H21BrN6O. The molecule has 0 aromatic carbocycles. The molecular weight excluding hydrogens is 396 g/mol. The molecule has 0 radical (unpaired) electrons. The zero-order chi connectivity index (χ0) is 18.7. The number of aromatic nitrogens is 3. The maximum atomic E-state index is 12.9. The Hall–Kier alpha value is -2.40. The van der Waals surface area contributed by atoms with Crippen LogP contribution in [-0.2, 0) is 0 Å². The summed E-state index contributed by atoms with van der Waals surface area (Å²) in [4.78, 5) is 21.2. The lowest BCUT2D eigenvalue weighted by Gasteiger charge is -2.23. The van der Waals surface area contributed by atoms with Crippen molar-refractivity contribution in [3.63, 3.8) is 0 Å². The summed E-state index contributed by atoms with van der Waals surface area (Å²) in [6.07, 6.45) is 2.50. The van der Waals surface area contributed by atoms with E-state index in [1.54, 1.807) is 18.3 Å². The number of halogens is 1. The lowest BCUT2D eigenvalue weighted by molar-refractivity contribution is 0.0760. The number of hydrogen-bond donors (Lipinski definition) is 1. The second kappa shape index (κ2) is 7.87. The molecule has 1 N–H and O–H groups in total. The normalized spacial score (nSPS) is 15.0. The van der Waals surface area contributed by atoms with Crippen molar-refractivity contribution in [3.8, 4) is 6.07 Å². The summed E-state index contributed by atoms with van der Waals surface area (Å²) >= 11 is 3.51. The van der Waals surface area contributed by atoms with Gasteiger partial charge in [0, 0.05) is 32.4 Å². The van der Waals surface area contributed by atoms with Crippen molar-refractivity contribution in [1.29, 1.82) is 5.26 Å². The molecule has 0 unspecified atom stereocenters. The van der Waals surface area contributed by atoms with Crippen LogP contribution in [0.15, 0.2) is 22.8 Å². The number of aromatic amines is 1. The van der Waals surface area contributed by atoms with Crippen LogP contribution in [0.1, 0.15) is 47.9 Å². The summed E-state index contributed by atoms with van der Waals surface area (Å²) < 4.78 is 0.745. The lowest BCUT2D eigenvalue weighted by Crippen LogP contribution is -2.36. The SMILES string of the molecule is CC(C)c1[nH]nc(C(=O)N2CCCN(c3ncccc3C#N)CC2)c1Br. The van der Waals surface area contributed by atoms with E-state index >= 15 is 0 Å². The average molecular weight is 417 g/mol. The van der Waals surface area contributed by atoms with E-state index in [1.807, 2.05) is 4.90 Å². The van der Waals surface area contributed by atoms with E-state index in [-0.39, 0.29) is 11.8 Å². The van der Waals surface area contributed by atoms with Gasteiger partial charge in [-0.1, -0.05) is 13.8 Å².